The van der Waals surface area contributed by atoms with Crippen molar-refractivity contribution in [3.8, 4) is 0 Å². The fourth-order valence-electron chi connectivity index (χ4n) is 2.93. The van der Waals surface area contributed by atoms with E-state index in [9.17, 15) is 9.59 Å². The lowest BCUT2D eigenvalue weighted by Crippen LogP contribution is -2.23. The molecule has 6 heteroatoms. The number of amides is 2. The normalized spacial score (nSPS) is 14.2. The monoisotopic (exact) mass is 420 g/mol. The van der Waals surface area contributed by atoms with Gasteiger partial charge < -0.3 is 10.6 Å². The first-order chi connectivity index (χ1) is 14.1. The standard InChI is InChI=1S/C23H17ClN2O2S/c24-18-8-4-7-16(11-18)12-21-23(28)26-19-13-17(9-10-20(19)29-21)22(27)25-14-15-5-2-1-3-6-15/h1-13H,14H2,(H,25,27)(H,26,28). The highest BCUT2D eigenvalue weighted by molar-refractivity contribution is 8.04. The Labute approximate surface area is 178 Å². The van der Waals surface area contributed by atoms with Crippen molar-refractivity contribution in [2.45, 2.75) is 11.4 Å². The van der Waals surface area contributed by atoms with Gasteiger partial charge in [0.05, 0.1) is 10.6 Å². The fraction of sp³-hybridized carbons (Fsp3) is 0.0435. The first-order valence-electron chi connectivity index (χ1n) is 9.01. The van der Waals surface area contributed by atoms with Crippen LogP contribution in [0.4, 0.5) is 5.69 Å². The Morgan fingerprint density at radius 2 is 1.86 bits per heavy atom. The fourth-order valence-corrected chi connectivity index (χ4v) is 4.06. The Balaban J connectivity index is 1.49. The molecule has 1 aliphatic heterocycles. The van der Waals surface area contributed by atoms with Crippen molar-refractivity contribution < 1.29 is 9.59 Å². The average molecular weight is 421 g/mol. The molecule has 0 saturated carbocycles. The summed E-state index contributed by atoms with van der Waals surface area (Å²) >= 11 is 7.39. The van der Waals surface area contributed by atoms with Gasteiger partial charge in [0.15, 0.2) is 0 Å². The van der Waals surface area contributed by atoms with Crippen molar-refractivity contribution in [3.63, 3.8) is 0 Å². The highest BCUT2D eigenvalue weighted by Gasteiger charge is 2.22. The van der Waals surface area contributed by atoms with Crippen LogP contribution in [0.2, 0.25) is 5.02 Å². The quantitative estimate of drug-likeness (QED) is 0.559. The Bertz CT molecular complexity index is 1110. The molecule has 2 amide bonds. The van der Waals surface area contributed by atoms with Crippen LogP contribution in [0.3, 0.4) is 0 Å². The summed E-state index contributed by atoms with van der Waals surface area (Å²) in [6.07, 6.45) is 1.80. The number of carbonyl (C=O) groups is 2. The zero-order valence-electron chi connectivity index (χ0n) is 15.3. The maximum Gasteiger partial charge on any atom is 0.262 e. The summed E-state index contributed by atoms with van der Waals surface area (Å²) in [6, 6.07) is 22.4. The molecular formula is C23H17ClN2O2S. The van der Waals surface area contributed by atoms with Crippen LogP contribution in [0.25, 0.3) is 6.08 Å². The van der Waals surface area contributed by atoms with Gasteiger partial charge in [0, 0.05) is 22.0 Å². The number of carbonyl (C=O) groups excluding carboxylic acids is 2. The van der Waals surface area contributed by atoms with Crippen molar-refractivity contribution in [1.29, 1.82) is 0 Å². The van der Waals surface area contributed by atoms with Crippen LogP contribution in [0.1, 0.15) is 21.5 Å². The van der Waals surface area contributed by atoms with E-state index >= 15 is 0 Å². The molecule has 1 heterocycles. The van der Waals surface area contributed by atoms with E-state index in [-0.39, 0.29) is 11.8 Å². The molecule has 0 bridgehead atoms. The maximum atomic E-state index is 12.5. The summed E-state index contributed by atoms with van der Waals surface area (Å²) in [5.74, 6) is -0.388. The third-order valence-electron chi connectivity index (χ3n) is 4.38. The first kappa shape index (κ1) is 19.3. The summed E-state index contributed by atoms with van der Waals surface area (Å²) in [5.41, 5.74) is 3.02. The topological polar surface area (TPSA) is 58.2 Å². The number of benzene rings is 3. The molecule has 0 unspecified atom stereocenters. The van der Waals surface area contributed by atoms with Gasteiger partial charge in [-0.2, -0.15) is 0 Å². The molecule has 4 rings (SSSR count). The van der Waals surface area contributed by atoms with Crippen LogP contribution in [0.5, 0.6) is 0 Å². The van der Waals surface area contributed by atoms with Crippen LogP contribution < -0.4 is 10.6 Å². The molecule has 0 radical (unpaired) electrons. The van der Waals surface area contributed by atoms with E-state index in [4.69, 9.17) is 11.6 Å². The molecule has 0 fully saturated rings. The van der Waals surface area contributed by atoms with Crippen molar-refractivity contribution in [1.82, 2.24) is 5.32 Å². The lowest BCUT2D eigenvalue weighted by Gasteiger charge is -2.19. The van der Waals surface area contributed by atoms with Gasteiger partial charge in [-0.25, -0.2) is 0 Å². The number of nitrogens with one attached hydrogen (secondary N) is 2. The molecule has 4 nitrogen and oxygen atoms in total. The van der Waals surface area contributed by atoms with Gasteiger partial charge in [-0.05, 0) is 47.5 Å². The van der Waals surface area contributed by atoms with E-state index in [0.29, 0.717) is 27.7 Å². The van der Waals surface area contributed by atoms with E-state index in [0.717, 1.165) is 16.0 Å². The number of hydrogen-bond acceptors (Lipinski definition) is 3. The summed E-state index contributed by atoms with van der Waals surface area (Å²) in [7, 11) is 0. The Kier molecular flexibility index (Phi) is 5.69. The Hall–Kier alpha value is -3.02. The Morgan fingerprint density at radius 3 is 2.66 bits per heavy atom. The van der Waals surface area contributed by atoms with Gasteiger partial charge in [0.1, 0.15) is 0 Å². The SMILES string of the molecule is O=C1Nc2cc(C(=O)NCc3ccccc3)ccc2SC1=Cc1cccc(Cl)c1. The zero-order chi connectivity index (χ0) is 20.2. The minimum absolute atomic E-state index is 0.184. The van der Waals surface area contributed by atoms with E-state index in [1.165, 1.54) is 11.8 Å². The maximum absolute atomic E-state index is 12.5. The highest BCUT2D eigenvalue weighted by Crippen LogP contribution is 2.39. The molecule has 0 saturated heterocycles. The van der Waals surface area contributed by atoms with Gasteiger partial charge in [0.25, 0.3) is 11.8 Å². The summed E-state index contributed by atoms with van der Waals surface area (Å²) in [6.45, 7) is 0.449. The number of hydrogen-bond donors (Lipinski definition) is 2. The summed E-state index contributed by atoms with van der Waals surface area (Å²) < 4.78 is 0. The van der Waals surface area contributed by atoms with Gasteiger partial charge >= 0.3 is 0 Å². The lowest BCUT2D eigenvalue weighted by atomic mass is 10.1. The molecular weight excluding hydrogens is 404 g/mol. The first-order valence-corrected chi connectivity index (χ1v) is 10.2. The molecule has 1 aliphatic rings. The molecule has 0 aromatic heterocycles. The molecule has 0 spiro atoms. The van der Waals surface area contributed by atoms with Crippen molar-refractivity contribution in [2.24, 2.45) is 0 Å². The second kappa shape index (κ2) is 8.55. The lowest BCUT2D eigenvalue weighted by molar-refractivity contribution is -0.112. The van der Waals surface area contributed by atoms with E-state index in [1.807, 2.05) is 48.5 Å². The molecule has 3 aromatic rings. The van der Waals surface area contributed by atoms with E-state index in [2.05, 4.69) is 10.6 Å². The third kappa shape index (κ3) is 4.70. The van der Waals surface area contributed by atoms with Gasteiger partial charge in [-0.3, -0.25) is 9.59 Å². The number of anilines is 1. The third-order valence-corrected chi connectivity index (χ3v) is 5.71. The predicted molar refractivity (Wildman–Crippen MR) is 118 cm³/mol. The predicted octanol–water partition coefficient (Wildman–Crippen LogP) is 5.36. The van der Waals surface area contributed by atoms with Gasteiger partial charge in [-0.1, -0.05) is 65.8 Å². The second-order valence-corrected chi connectivity index (χ2v) is 8.02. The molecule has 144 valence electrons. The van der Waals surface area contributed by atoms with Gasteiger partial charge in [-0.15, -0.1) is 0 Å². The summed E-state index contributed by atoms with van der Waals surface area (Å²) in [5, 5.41) is 6.39. The number of halogens is 1. The molecule has 0 atom stereocenters. The zero-order valence-corrected chi connectivity index (χ0v) is 16.9. The molecule has 2 N–H and O–H groups in total. The average Bonchev–Trinajstić information content (AvgIpc) is 2.73. The minimum atomic E-state index is -0.204. The number of fused-ring (bicyclic) bond motifs is 1. The van der Waals surface area contributed by atoms with Crippen molar-refractivity contribution in [2.75, 3.05) is 5.32 Å². The van der Waals surface area contributed by atoms with E-state index in [1.54, 1.807) is 30.3 Å². The number of rotatable bonds is 4. The van der Waals surface area contributed by atoms with Crippen LogP contribution >= 0.6 is 23.4 Å². The second-order valence-electron chi connectivity index (χ2n) is 6.50. The van der Waals surface area contributed by atoms with Crippen molar-refractivity contribution in [3.05, 3.63) is 99.4 Å². The minimum Gasteiger partial charge on any atom is -0.348 e. The number of thioether (sulfide) groups is 1. The van der Waals surface area contributed by atoms with Crippen LogP contribution in [-0.4, -0.2) is 11.8 Å². The molecule has 3 aromatic carbocycles. The largest absolute Gasteiger partial charge is 0.348 e. The van der Waals surface area contributed by atoms with E-state index < -0.39 is 0 Å². The van der Waals surface area contributed by atoms with Gasteiger partial charge in [0.2, 0.25) is 0 Å². The molecule has 0 aliphatic carbocycles. The van der Waals surface area contributed by atoms with Crippen LogP contribution in [0, 0.1) is 0 Å². The van der Waals surface area contributed by atoms with Crippen LogP contribution in [-0.2, 0) is 11.3 Å². The molecule has 29 heavy (non-hydrogen) atoms. The van der Waals surface area contributed by atoms with Crippen LogP contribution in [0.15, 0.2) is 82.6 Å². The smallest absolute Gasteiger partial charge is 0.262 e. The van der Waals surface area contributed by atoms with Crippen molar-refractivity contribution >= 4 is 46.9 Å². The summed E-state index contributed by atoms with van der Waals surface area (Å²) in [4.78, 5) is 26.4. The Morgan fingerprint density at radius 1 is 1.03 bits per heavy atom. The highest BCUT2D eigenvalue weighted by atomic mass is 35.5.